The van der Waals surface area contributed by atoms with E-state index in [4.69, 9.17) is 0 Å². The Kier molecular flexibility index (Phi) is 4.28. The molecule has 3 aromatic rings. The molecule has 2 aromatic heterocycles. The molecule has 1 unspecified atom stereocenters. The summed E-state index contributed by atoms with van der Waals surface area (Å²) in [7, 11) is 0. The third-order valence-corrected chi connectivity index (χ3v) is 6.83. The smallest absolute Gasteiger partial charge is 0.0992 e. The van der Waals surface area contributed by atoms with Crippen LogP contribution < -0.4 is 0 Å². The minimum atomic E-state index is -0.376. The minimum absolute atomic E-state index is 0.351. The van der Waals surface area contributed by atoms with E-state index in [9.17, 15) is 5.11 Å². The monoisotopic (exact) mass is 360 g/mol. The number of fused-ring (bicyclic) bond motifs is 1. The minimum Gasteiger partial charge on any atom is -0.388 e. The second kappa shape index (κ2) is 6.79. The van der Waals surface area contributed by atoms with E-state index in [2.05, 4.69) is 52.8 Å². The van der Waals surface area contributed by atoms with Gasteiger partial charge in [-0.3, -0.25) is 0 Å². The van der Waals surface area contributed by atoms with Crippen LogP contribution >= 0.6 is 0 Å². The molecule has 0 spiro atoms. The number of nitrogens with zero attached hydrogens (tertiary/aromatic N) is 2. The van der Waals surface area contributed by atoms with Gasteiger partial charge in [0, 0.05) is 11.8 Å². The molecule has 0 saturated heterocycles. The summed E-state index contributed by atoms with van der Waals surface area (Å²) in [6, 6.07) is 11.0. The fourth-order valence-electron chi connectivity index (χ4n) is 5.13. The van der Waals surface area contributed by atoms with Crippen molar-refractivity contribution in [3.05, 3.63) is 71.3 Å². The quantitative estimate of drug-likeness (QED) is 0.664. The first-order valence-corrected chi connectivity index (χ1v) is 10.4. The summed E-state index contributed by atoms with van der Waals surface area (Å²) in [6.45, 7) is 2.22. The fourth-order valence-corrected chi connectivity index (χ4v) is 5.13. The Balaban J connectivity index is 1.39. The summed E-state index contributed by atoms with van der Waals surface area (Å²) in [4.78, 5) is 4.32. The van der Waals surface area contributed by atoms with Gasteiger partial charge in [-0.2, -0.15) is 0 Å². The predicted octanol–water partition coefficient (Wildman–Crippen LogP) is 5.53. The largest absolute Gasteiger partial charge is 0.388 e. The molecule has 2 aliphatic carbocycles. The van der Waals surface area contributed by atoms with Crippen molar-refractivity contribution in [2.75, 3.05) is 0 Å². The first-order chi connectivity index (χ1) is 13.2. The van der Waals surface area contributed by atoms with E-state index in [0.717, 1.165) is 23.9 Å². The zero-order valence-corrected chi connectivity index (χ0v) is 16.0. The van der Waals surface area contributed by atoms with E-state index in [1.54, 1.807) is 0 Å². The van der Waals surface area contributed by atoms with Crippen LogP contribution in [0.1, 0.15) is 78.7 Å². The number of aromatic nitrogens is 2. The molecular weight excluding hydrogens is 332 g/mol. The van der Waals surface area contributed by atoms with Crippen LogP contribution in [0, 0.1) is 12.8 Å². The molecule has 27 heavy (non-hydrogen) atoms. The van der Waals surface area contributed by atoms with Crippen LogP contribution in [-0.2, 0) is 0 Å². The highest BCUT2D eigenvalue weighted by Gasteiger charge is 2.34. The highest BCUT2D eigenvalue weighted by Crippen LogP contribution is 2.48. The lowest BCUT2D eigenvalue weighted by molar-refractivity contribution is 0.0810. The van der Waals surface area contributed by atoms with Crippen LogP contribution in [0.3, 0.4) is 0 Å². The topological polar surface area (TPSA) is 37.5 Å². The number of hydrogen-bond acceptors (Lipinski definition) is 2. The molecule has 0 aliphatic heterocycles. The van der Waals surface area contributed by atoms with Crippen molar-refractivity contribution in [2.24, 2.45) is 5.92 Å². The van der Waals surface area contributed by atoms with E-state index in [1.807, 2.05) is 12.5 Å². The van der Waals surface area contributed by atoms with E-state index < -0.39 is 0 Å². The van der Waals surface area contributed by atoms with Crippen LogP contribution in [-0.4, -0.2) is 14.5 Å². The molecule has 2 fully saturated rings. The average molecular weight is 361 g/mol. The molecule has 0 amide bonds. The summed E-state index contributed by atoms with van der Waals surface area (Å²) >= 11 is 0. The first kappa shape index (κ1) is 17.0. The van der Waals surface area contributed by atoms with Gasteiger partial charge in [0.2, 0.25) is 0 Å². The lowest BCUT2D eigenvalue weighted by Gasteiger charge is -2.33. The van der Waals surface area contributed by atoms with Gasteiger partial charge in [0.05, 0.1) is 24.1 Å². The lowest BCUT2D eigenvalue weighted by atomic mass is 9.74. The third kappa shape index (κ3) is 3.08. The Morgan fingerprint density at radius 1 is 0.963 bits per heavy atom. The number of aliphatic hydroxyl groups is 1. The number of pyridine rings is 1. The molecule has 3 heteroatoms. The molecule has 2 saturated carbocycles. The molecule has 0 bridgehead atoms. The molecule has 1 atom stereocenters. The predicted molar refractivity (Wildman–Crippen MR) is 108 cm³/mol. The number of hydrogen-bond donors (Lipinski definition) is 1. The van der Waals surface area contributed by atoms with Crippen LogP contribution in [0.15, 0.2) is 49.1 Å². The zero-order valence-electron chi connectivity index (χ0n) is 16.0. The Morgan fingerprint density at radius 3 is 2.41 bits per heavy atom. The van der Waals surface area contributed by atoms with Crippen LogP contribution in [0.4, 0.5) is 0 Å². The zero-order chi connectivity index (χ0) is 18.4. The van der Waals surface area contributed by atoms with Crippen LogP contribution in [0.5, 0.6) is 0 Å². The van der Waals surface area contributed by atoms with E-state index >= 15 is 0 Å². The Morgan fingerprint density at radius 2 is 1.67 bits per heavy atom. The highest BCUT2D eigenvalue weighted by atomic mass is 16.3. The molecule has 1 N–H and O–H groups in total. The molecule has 1 aromatic carbocycles. The van der Waals surface area contributed by atoms with Crippen LogP contribution in [0.25, 0.3) is 5.52 Å². The van der Waals surface area contributed by atoms with Crippen molar-refractivity contribution in [3.63, 3.8) is 0 Å². The highest BCUT2D eigenvalue weighted by molar-refractivity contribution is 5.59. The number of benzene rings is 1. The van der Waals surface area contributed by atoms with Gasteiger partial charge >= 0.3 is 0 Å². The first-order valence-electron chi connectivity index (χ1n) is 10.4. The van der Waals surface area contributed by atoms with Gasteiger partial charge in [0.25, 0.3) is 0 Å². The number of imidazole rings is 1. The summed E-state index contributed by atoms with van der Waals surface area (Å²) in [5.41, 5.74) is 6.50. The van der Waals surface area contributed by atoms with Crippen molar-refractivity contribution in [1.29, 1.82) is 0 Å². The number of rotatable bonds is 4. The summed E-state index contributed by atoms with van der Waals surface area (Å²) in [6.07, 6.45) is 12.5. The van der Waals surface area contributed by atoms with Crippen LogP contribution in [0.2, 0.25) is 0 Å². The van der Waals surface area contributed by atoms with Crippen molar-refractivity contribution in [2.45, 2.75) is 63.4 Å². The van der Waals surface area contributed by atoms with Crippen molar-refractivity contribution < 1.29 is 5.11 Å². The normalized spacial score (nSPS) is 24.2. The van der Waals surface area contributed by atoms with Gasteiger partial charge < -0.3 is 9.51 Å². The number of aliphatic hydroxyl groups excluding tert-OH is 1. The van der Waals surface area contributed by atoms with Crippen molar-refractivity contribution in [3.8, 4) is 0 Å². The molecule has 5 rings (SSSR count). The molecule has 2 aliphatic rings. The molecule has 0 radical (unpaired) electrons. The van der Waals surface area contributed by atoms with E-state index in [0.29, 0.717) is 17.8 Å². The summed E-state index contributed by atoms with van der Waals surface area (Å²) in [5, 5.41) is 11.4. The number of aryl methyl sites for hydroxylation is 1. The Hall–Kier alpha value is -2.13. The summed E-state index contributed by atoms with van der Waals surface area (Å²) in [5.74, 6) is 1.63. The molecule has 140 valence electrons. The summed E-state index contributed by atoms with van der Waals surface area (Å²) < 4.78 is 2.06. The molecule has 3 nitrogen and oxygen atoms in total. The lowest BCUT2D eigenvalue weighted by Crippen LogP contribution is -2.21. The third-order valence-electron chi connectivity index (χ3n) is 6.83. The van der Waals surface area contributed by atoms with Gasteiger partial charge in [-0.05, 0) is 86.0 Å². The van der Waals surface area contributed by atoms with Crippen molar-refractivity contribution in [1.82, 2.24) is 9.38 Å². The Bertz CT molecular complexity index is 948. The maximum absolute atomic E-state index is 11.4. The van der Waals surface area contributed by atoms with E-state index in [1.165, 1.54) is 42.4 Å². The second-order valence-electron chi connectivity index (χ2n) is 8.56. The maximum Gasteiger partial charge on any atom is 0.0992 e. The fraction of sp³-hybridized carbons (Fsp3) is 0.458. The second-order valence-corrected chi connectivity index (χ2v) is 8.56. The standard InChI is InChI=1S/C24H28N2O/c1-16-4-2-3-5-20(16)17-8-10-19(11-9-17)24(27)23-21(18-6-7-18)12-13-26-15-25-14-22(23)26/h2-5,12-15,17-19,24,27H,6-11H2,1H3. The molecule has 2 heterocycles. The van der Waals surface area contributed by atoms with Gasteiger partial charge in [0.15, 0.2) is 0 Å². The maximum atomic E-state index is 11.4. The van der Waals surface area contributed by atoms with Gasteiger partial charge in [-0.1, -0.05) is 24.3 Å². The average Bonchev–Trinajstić information content (AvgIpc) is 3.44. The SMILES string of the molecule is Cc1ccccc1C1CCC(C(O)c2c(C3CC3)ccn3cncc23)CC1. The van der Waals surface area contributed by atoms with Gasteiger partial charge in [0.1, 0.15) is 0 Å². The van der Waals surface area contributed by atoms with Gasteiger partial charge in [-0.15, -0.1) is 0 Å². The Labute approximate surface area is 161 Å². The van der Waals surface area contributed by atoms with E-state index in [-0.39, 0.29) is 6.10 Å². The molecular formula is C24H28N2O. The van der Waals surface area contributed by atoms with Crippen molar-refractivity contribution >= 4 is 5.52 Å². The van der Waals surface area contributed by atoms with Gasteiger partial charge in [-0.25, -0.2) is 4.98 Å².